The zero-order valence-electron chi connectivity index (χ0n) is 14.8. The van der Waals surface area contributed by atoms with Crippen molar-refractivity contribution in [3.63, 3.8) is 0 Å². The van der Waals surface area contributed by atoms with E-state index in [0.717, 1.165) is 11.6 Å². The molecule has 1 unspecified atom stereocenters. The Kier molecular flexibility index (Phi) is 6.28. The first-order chi connectivity index (χ1) is 13.9. The van der Waals surface area contributed by atoms with Gasteiger partial charge < -0.3 is 10.3 Å². The Bertz CT molecular complexity index is 1140. The summed E-state index contributed by atoms with van der Waals surface area (Å²) in [5, 5.41) is 2.23. The van der Waals surface area contributed by atoms with Crippen molar-refractivity contribution >= 4 is 56.4 Å². The summed E-state index contributed by atoms with van der Waals surface area (Å²) in [6.45, 7) is 0.932. The quantitative estimate of drug-likeness (QED) is 0.261. The Hall–Kier alpha value is -1.95. The van der Waals surface area contributed by atoms with Crippen LogP contribution in [0.2, 0.25) is 10.0 Å². The third-order valence-corrected chi connectivity index (χ3v) is 5.88. The number of halogens is 7. The predicted molar refractivity (Wildman–Crippen MR) is 113 cm³/mol. The Labute approximate surface area is 185 Å². The number of thiocarbonyl (C=S) groups is 1. The monoisotopic (exact) mass is 500 g/mol. The third kappa shape index (κ3) is 4.11. The molecule has 2 heterocycles. The molecule has 0 aliphatic carbocycles. The lowest BCUT2D eigenvalue weighted by molar-refractivity contribution is -0.137. The lowest BCUT2D eigenvalue weighted by Crippen LogP contribution is -2.12. The van der Waals surface area contributed by atoms with Crippen molar-refractivity contribution in [1.29, 1.82) is 0 Å². The van der Waals surface area contributed by atoms with E-state index in [-0.39, 0.29) is 27.1 Å². The molecule has 0 radical (unpaired) electrons. The van der Waals surface area contributed by atoms with Gasteiger partial charge in [-0.25, -0.2) is 9.07 Å². The van der Waals surface area contributed by atoms with Crippen molar-refractivity contribution < 1.29 is 21.4 Å². The van der Waals surface area contributed by atoms with E-state index in [4.69, 9.17) is 41.2 Å². The fourth-order valence-corrected chi connectivity index (χ4v) is 4.46. The molecule has 0 bridgehead atoms. The SMILES string of the molecule is CC(F)=S(F)c1c(C(N)=S)nn(-c2c(Cl)cc(C(F)(F)F)cc2Cl)c1-n1cccc1. The Morgan fingerprint density at radius 2 is 1.70 bits per heavy atom. The number of benzene rings is 1. The van der Waals surface area contributed by atoms with E-state index in [2.05, 4.69) is 5.10 Å². The van der Waals surface area contributed by atoms with Gasteiger partial charge in [0.25, 0.3) is 0 Å². The molecule has 160 valence electrons. The van der Waals surface area contributed by atoms with Gasteiger partial charge in [0.05, 0.1) is 26.5 Å². The maximum absolute atomic E-state index is 14.9. The van der Waals surface area contributed by atoms with Crippen LogP contribution < -0.4 is 5.73 Å². The van der Waals surface area contributed by atoms with E-state index < -0.39 is 37.8 Å². The van der Waals surface area contributed by atoms with Gasteiger partial charge in [0.1, 0.15) is 21.3 Å². The molecule has 0 aliphatic rings. The molecule has 13 heteroatoms. The number of alkyl halides is 3. The van der Waals surface area contributed by atoms with Gasteiger partial charge in [0.15, 0.2) is 10.9 Å². The normalized spacial score (nSPS) is 13.4. The molecule has 1 atom stereocenters. The smallest absolute Gasteiger partial charge is 0.388 e. The van der Waals surface area contributed by atoms with E-state index >= 15 is 0 Å². The van der Waals surface area contributed by atoms with Crippen LogP contribution in [0, 0.1) is 0 Å². The zero-order chi connectivity index (χ0) is 22.4. The predicted octanol–water partition coefficient (Wildman–Crippen LogP) is 6.25. The van der Waals surface area contributed by atoms with Crippen LogP contribution in [0.3, 0.4) is 0 Å². The summed E-state index contributed by atoms with van der Waals surface area (Å²) in [6.07, 6.45) is -1.70. The first-order valence-corrected chi connectivity index (χ1v) is 10.2. The van der Waals surface area contributed by atoms with Crippen molar-refractivity contribution in [3.05, 3.63) is 58.0 Å². The maximum atomic E-state index is 14.9. The second-order valence-corrected chi connectivity index (χ2v) is 8.62. The second kappa shape index (κ2) is 8.29. The van der Waals surface area contributed by atoms with Gasteiger partial charge in [0.2, 0.25) is 0 Å². The molecule has 1 aromatic carbocycles. The minimum Gasteiger partial charge on any atom is -0.388 e. The van der Waals surface area contributed by atoms with Crippen LogP contribution in [0.4, 0.5) is 21.4 Å². The van der Waals surface area contributed by atoms with E-state index in [0.29, 0.717) is 12.1 Å². The molecule has 30 heavy (non-hydrogen) atoms. The highest BCUT2D eigenvalue weighted by atomic mass is 35.5. The zero-order valence-corrected chi connectivity index (χ0v) is 18.0. The van der Waals surface area contributed by atoms with Gasteiger partial charge in [-0.3, -0.25) is 0 Å². The minimum absolute atomic E-state index is 0.0609. The van der Waals surface area contributed by atoms with Gasteiger partial charge in [0, 0.05) is 12.4 Å². The average Bonchev–Trinajstić information content (AvgIpc) is 3.26. The number of hydrogen-bond donors (Lipinski definition) is 1. The van der Waals surface area contributed by atoms with Gasteiger partial charge in [-0.15, -0.1) is 0 Å². The Morgan fingerprint density at radius 3 is 2.13 bits per heavy atom. The van der Waals surface area contributed by atoms with Crippen LogP contribution in [-0.4, -0.2) is 24.5 Å². The van der Waals surface area contributed by atoms with Crippen LogP contribution in [0.25, 0.3) is 11.5 Å². The number of rotatable bonds is 4. The van der Waals surface area contributed by atoms with Crippen LogP contribution >= 0.6 is 46.3 Å². The highest BCUT2D eigenvalue weighted by Crippen LogP contribution is 2.43. The molecule has 0 saturated carbocycles. The number of aromatic nitrogens is 3. The highest BCUT2D eigenvalue weighted by Gasteiger charge is 2.33. The maximum Gasteiger partial charge on any atom is 0.416 e. The van der Waals surface area contributed by atoms with Crippen molar-refractivity contribution in [1.82, 2.24) is 14.3 Å². The average molecular weight is 501 g/mol. The highest BCUT2D eigenvalue weighted by molar-refractivity contribution is 8.11. The van der Waals surface area contributed by atoms with E-state index in [1.807, 2.05) is 0 Å². The summed E-state index contributed by atoms with van der Waals surface area (Å²) in [6, 6.07) is 4.51. The Morgan fingerprint density at radius 1 is 1.17 bits per heavy atom. The van der Waals surface area contributed by atoms with E-state index in [9.17, 15) is 21.4 Å². The van der Waals surface area contributed by atoms with Crippen molar-refractivity contribution in [2.24, 2.45) is 5.73 Å². The van der Waals surface area contributed by atoms with Crippen LogP contribution in [0.1, 0.15) is 18.2 Å². The summed E-state index contributed by atoms with van der Waals surface area (Å²) < 4.78 is 70.4. The molecule has 0 aliphatic heterocycles. The van der Waals surface area contributed by atoms with Gasteiger partial charge in [-0.1, -0.05) is 35.4 Å². The standard InChI is InChI=1S/C17H11Cl2F5N4S2/c1-8(20)30(24)14-12(15(25)29)26-28(16(14)27-4-2-3-5-27)13-10(18)6-9(7-11(13)19)17(21,22)23/h2-7H,1H3,(H2,25,29). The summed E-state index contributed by atoms with van der Waals surface area (Å²) in [5.41, 5.74) is 4.16. The lowest BCUT2D eigenvalue weighted by atomic mass is 10.2. The molecule has 3 rings (SSSR count). The van der Waals surface area contributed by atoms with Crippen LogP contribution in [0.5, 0.6) is 0 Å². The lowest BCUT2D eigenvalue weighted by Gasteiger charge is -2.15. The van der Waals surface area contributed by atoms with Crippen LogP contribution in [-0.2, 0) is 6.18 Å². The van der Waals surface area contributed by atoms with Gasteiger partial charge >= 0.3 is 6.18 Å². The van der Waals surface area contributed by atoms with E-state index in [1.165, 1.54) is 17.0 Å². The molecule has 2 N–H and O–H groups in total. The topological polar surface area (TPSA) is 48.8 Å². The number of hydrogen-bond acceptors (Lipinski definition) is 2. The van der Waals surface area contributed by atoms with E-state index in [1.54, 1.807) is 12.1 Å². The van der Waals surface area contributed by atoms with Crippen LogP contribution in [0.15, 0.2) is 41.6 Å². The van der Waals surface area contributed by atoms with Gasteiger partial charge in [-0.2, -0.15) is 22.2 Å². The molecule has 0 amide bonds. The molecular weight excluding hydrogens is 490 g/mol. The van der Waals surface area contributed by atoms with Crippen molar-refractivity contribution in [2.75, 3.05) is 0 Å². The molecular formula is C17H11Cl2F5N4S2. The molecule has 0 saturated heterocycles. The van der Waals surface area contributed by atoms with Crippen molar-refractivity contribution in [2.45, 2.75) is 18.0 Å². The van der Waals surface area contributed by atoms with Crippen molar-refractivity contribution in [3.8, 4) is 11.5 Å². The molecule has 2 aromatic heterocycles. The minimum atomic E-state index is -4.69. The molecule has 0 fully saturated rings. The first-order valence-electron chi connectivity index (χ1n) is 7.95. The number of nitrogens with zero attached hydrogens (tertiary/aromatic N) is 3. The second-order valence-electron chi connectivity index (χ2n) is 5.88. The summed E-state index contributed by atoms with van der Waals surface area (Å²) in [5.74, 6) is -0.0609. The third-order valence-electron chi connectivity index (χ3n) is 3.88. The molecule has 0 spiro atoms. The summed E-state index contributed by atoms with van der Waals surface area (Å²) in [7, 11) is -2.59. The summed E-state index contributed by atoms with van der Waals surface area (Å²) in [4.78, 5) is -0.626. The molecule has 3 aromatic rings. The Balaban J connectivity index is 2.44. The number of nitrogens with two attached hydrogens (primary N) is 1. The molecule has 4 nitrogen and oxygen atoms in total. The fourth-order valence-electron chi connectivity index (χ4n) is 2.65. The summed E-state index contributed by atoms with van der Waals surface area (Å²) >= 11 is 17.1. The fraction of sp³-hybridized carbons (Fsp3) is 0.118. The first kappa shape index (κ1) is 22.7. The largest absolute Gasteiger partial charge is 0.416 e. The van der Waals surface area contributed by atoms with Gasteiger partial charge in [-0.05, 0) is 31.2 Å².